The van der Waals surface area contributed by atoms with E-state index >= 15 is 0 Å². The lowest BCUT2D eigenvalue weighted by Crippen LogP contribution is -2.41. The van der Waals surface area contributed by atoms with Crippen molar-refractivity contribution in [2.45, 2.75) is 65.2 Å². The van der Waals surface area contributed by atoms with Crippen LogP contribution in [0.1, 0.15) is 62.5 Å². The van der Waals surface area contributed by atoms with Crippen LogP contribution in [0.15, 0.2) is 48.8 Å². The number of ketones is 1. The molecule has 1 atom stereocenters. The predicted octanol–water partition coefficient (Wildman–Crippen LogP) is 5.56. The third-order valence-corrected chi connectivity index (χ3v) is 6.37. The highest BCUT2D eigenvalue weighted by molar-refractivity contribution is 7.09. The lowest BCUT2D eigenvalue weighted by atomic mass is 9.78. The number of nitrogens with one attached hydrogen (secondary N) is 1. The first-order valence-corrected chi connectivity index (χ1v) is 11.8. The molecule has 0 spiro atoms. The molecule has 0 aliphatic carbocycles. The molecule has 2 heterocycles. The SMILES string of the molecule is C=C(CCc1cncs1)NC1[B]Oc2c(cccc2C(=C)CCCC(=O)C(C)(C)C)C1. The second kappa shape index (κ2) is 10.3. The van der Waals surface area contributed by atoms with E-state index in [1.54, 1.807) is 11.3 Å². The zero-order valence-corrected chi connectivity index (χ0v) is 19.7. The Balaban J connectivity index is 1.53. The van der Waals surface area contributed by atoms with Crippen LogP contribution in [0.5, 0.6) is 5.75 Å². The molecule has 0 fully saturated rings. The van der Waals surface area contributed by atoms with Gasteiger partial charge in [0.1, 0.15) is 11.5 Å². The number of nitrogens with zero attached hydrogens (tertiary/aromatic N) is 1. The van der Waals surface area contributed by atoms with Gasteiger partial charge in [0.25, 0.3) is 0 Å². The van der Waals surface area contributed by atoms with Gasteiger partial charge in [0.15, 0.2) is 0 Å². The van der Waals surface area contributed by atoms with Crippen molar-refractivity contribution >= 4 is 30.2 Å². The fraction of sp³-hybridized carbons (Fsp3) is 0.440. The first-order chi connectivity index (χ1) is 14.7. The average molecular weight is 435 g/mol. The quantitative estimate of drug-likeness (QED) is 0.497. The molecule has 31 heavy (non-hydrogen) atoms. The summed E-state index contributed by atoms with van der Waals surface area (Å²) in [5, 5.41) is 3.48. The molecule has 163 valence electrons. The van der Waals surface area contributed by atoms with E-state index < -0.39 is 0 Å². The Morgan fingerprint density at radius 1 is 1.29 bits per heavy atom. The maximum absolute atomic E-state index is 12.2. The summed E-state index contributed by atoms with van der Waals surface area (Å²) in [5.74, 6) is 1.28. The summed E-state index contributed by atoms with van der Waals surface area (Å²) in [6.45, 7) is 14.4. The van der Waals surface area contributed by atoms with Gasteiger partial charge in [0.05, 0.1) is 5.51 Å². The second-order valence-electron chi connectivity index (χ2n) is 9.20. The molecule has 2 aromatic rings. The molecule has 3 rings (SSSR count). The smallest absolute Gasteiger partial charge is 0.394 e. The molecule has 1 aliphatic rings. The highest BCUT2D eigenvalue weighted by Crippen LogP contribution is 2.34. The highest BCUT2D eigenvalue weighted by Gasteiger charge is 2.25. The van der Waals surface area contributed by atoms with E-state index in [1.807, 2.05) is 40.0 Å². The van der Waals surface area contributed by atoms with Crippen LogP contribution in [0.4, 0.5) is 0 Å². The summed E-state index contributed by atoms with van der Waals surface area (Å²) in [5.41, 5.74) is 5.81. The zero-order valence-electron chi connectivity index (χ0n) is 18.9. The zero-order chi connectivity index (χ0) is 22.4. The number of Topliss-reactive ketones (excluding diaryl/α,β-unsaturated/α-hetero) is 1. The van der Waals surface area contributed by atoms with Crippen molar-refractivity contribution in [2.75, 3.05) is 0 Å². The van der Waals surface area contributed by atoms with Crippen molar-refractivity contribution in [3.63, 3.8) is 0 Å². The lowest BCUT2D eigenvalue weighted by Gasteiger charge is -2.28. The van der Waals surface area contributed by atoms with Gasteiger partial charge in [-0.15, -0.1) is 11.3 Å². The first-order valence-electron chi connectivity index (χ1n) is 10.9. The van der Waals surface area contributed by atoms with Gasteiger partial charge in [-0.3, -0.25) is 9.78 Å². The van der Waals surface area contributed by atoms with Gasteiger partial charge in [0, 0.05) is 40.1 Å². The summed E-state index contributed by atoms with van der Waals surface area (Å²) in [7, 11) is 1.86. The van der Waals surface area contributed by atoms with E-state index in [2.05, 4.69) is 41.7 Å². The van der Waals surface area contributed by atoms with Crippen molar-refractivity contribution in [2.24, 2.45) is 5.41 Å². The molecule has 1 aromatic heterocycles. The Labute approximate surface area is 191 Å². The summed E-state index contributed by atoms with van der Waals surface area (Å²) in [4.78, 5) is 17.6. The number of carbonyl (C=O) groups is 1. The molecule has 6 heteroatoms. The van der Waals surface area contributed by atoms with Crippen molar-refractivity contribution in [3.05, 3.63) is 64.8 Å². The largest absolute Gasteiger partial charge is 0.560 e. The van der Waals surface area contributed by atoms with Crippen LogP contribution in [0.25, 0.3) is 5.57 Å². The van der Waals surface area contributed by atoms with Crippen LogP contribution < -0.4 is 9.97 Å². The number of rotatable bonds is 10. The Bertz CT molecular complexity index is 931. The second-order valence-corrected chi connectivity index (χ2v) is 10.2. The Hall–Kier alpha value is -2.34. The number of hydrogen-bond donors (Lipinski definition) is 1. The minimum absolute atomic E-state index is 0.0920. The number of aryl methyl sites for hydroxylation is 1. The fourth-order valence-corrected chi connectivity index (χ4v) is 4.23. The number of para-hydroxylation sites is 1. The average Bonchev–Trinajstić information content (AvgIpc) is 3.24. The van der Waals surface area contributed by atoms with Crippen molar-refractivity contribution < 1.29 is 9.45 Å². The summed E-state index contributed by atoms with van der Waals surface area (Å²) >= 11 is 1.67. The molecule has 1 aliphatic heterocycles. The van der Waals surface area contributed by atoms with Crippen molar-refractivity contribution in [3.8, 4) is 5.75 Å². The van der Waals surface area contributed by atoms with Crippen molar-refractivity contribution in [1.29, 1.82) is 0 Å². The monoisotopic (exact) mass is 435 g/mol. The van der Waals surface area contributed by atoms with Crippen LogP contribution in [0.2, 0.25) is 0 Å². The summed E-state index contributed by atoms with van der Waals surface area (Å²) in [6.07, 6.45) is 6.77. The van der Waals surface area contributed by atoms with Gasteiger partial charge in [-0.25, -0.2) is 0 Å². The number of thiazole rings is 1. The van der Waals surface area contributed by atoms with Crippen molar-refractivity contribution in [1.82, 2.24) is 10.3 Å². The topological polar surface area (TPSA) is 51.2 Å². The number of fused-ring (bicyclic) bond motifs is 1. The lowest BCUT2D eigenvalue weighted by molar-refractivity contribution is -0.126. The van der Waals surface area contributed by atoms with Gasteiger partial charge in [-0.05, 0) is 43.2 Å². The molecular formula is C25H32BN2O2S. The first kappa shape index (κ1) is 23.3. The minimum atomic E-state index is -0.280. The maximum atomic E-state index is 12.2. The molecule has 0 amide bonds. The van der Waals surface area contributed by atoms with Gasteiger partial charge < -0.3 is 9.97 Å². The Morgan fingerprint density at radius 3 is 2.81 bits per heavy atom. The van der Waals surface area contributed by atoms with E-state index in [1.165, 1.54) is 10.4 Å². The third-order valence-electron chi connectivity index (χ3n) is 5.53. The summed E-state index contributed by atoms with van der Waals surface area (Å²) in [6, 6.07) is 6.23. The molecule has 1 unspecified atom stereocenters. The van der Waals surface area contributed by atoms with Crippen LogP contribution in [-0.4, -0.2) is 24.2 Å². The Morgan fingerprint density at radius 2 is 2.10 bits per heavy atom. The molecule has 0 saturated heterocycles. The number of hydrogen-bond acceptors (Lipinski definition) is 5. The fourth-order valence-electron chi connectivity index (χ4n) is 3.63. The minimum Gasteiger partial charge on any atom is -0.560 e. The van der Waals surface area contributed by atoms with Crippen LogP contribution in [0, 0.1) is 5.41 Å². The number of benzene rings is 1. The molecule has 0 saturated carbocycles. The van der Waals surface area contributed by atoms with E-state index in [0.717, 1.165) is 54.7 Å². The molecule has 0 bridgehead atoms. The van der Waals surface area contributed by atoms with E-state index in [-0.39, 0.29) is 11.4 Å². The maximum Gasteiger partial charge on any atom is 0.394 e. The molecule has 1 N–H and O–H groups in total. The van der Waals surface area contributed by atoms with Gasteiger partial charge in [-0.1, -0.05) is 52.1 Å². The predicted molar refractivity (Wildman–Crippen MR) is 130 cm³/mol. The van der Waals surface area contributed by atoms with E-state index in [4.69, 9.17) is 4.65 Å². The van der Waals surface area contributed by atoms with Gasteiger partial charge in [-0.2, -0.15) is 0 Å². The van der Waals surface area contributed by atoms with Crippen LogP contribution >= 0.6 is 11.3 Å². The standard InChI is InChI=1S/C25H32BN2O2S/c1-17(8-6-11-22(29)25(3,4)5)21-10-7-9-19-14-23(26-30-24(19)21)28-18(2)12-13-20-15-27-16-31-20/h7,9-10,15-16,23,28H,1-2,6,8,11-14H2,3-5H3. The van der Waals surface area contributed by atoms with Crippen LogP contribution in [0.3, 0.4) is 0 Å². The third kappa shape index (κ3) is 6.57. The number of allylic oxidation sites excluding steroid dienone is 2. The molecule has 1 radical (unpaired) electrons. The normalized spacial score (nSPS) is 15.4. The van der Waals surface area contributed by atoms with Gasteiger partial charge >= 0.3 is 7.48 Å². The van der Waals surface area contributed by atoms with Crippen LogP contribution in [-0.2, 0) is 17.6 Å². The molecule has 4 nitrogen and oxygen atoms in total. The highest BCUT2D eigenvalue weighted by atomic mass is 32.1. The molecule has 1 aromatic carbocycles. The van der Waals surface area contributed by atoms with E-state index in [9.17, 15) is 4.79 Å². The van der Waals surface area contributed by atoms with Gasteiger partial charge in [0.2, 0.25) is 0 Å². The van der Waals surface area contributed by atoms with E-state index in [0.29, 0.717) is 12.2 Å². The molecular weight excluding hydrogens is 403 g/mol. The Kier molecular flexibility index (Phi) is 7.76. The number of aromatic nitrogens is 1. The summed E-state index contributed by atoms with van der Waals surface area (Å²) < 4.78 is 6.06. The number of carbonyl (C=O) groups excluding carboxylic acids is 1.